The molecule has 388 valence electrons. The van der Waals surface area contributed by atoms with Gasteiger partial charge in [0.25, 0.3) is 6.71 Å². The molecule has 1 saturated carbocycles. The molecule has 1 aromatic heterocycles. The normalized spacial score (nSPS) is 20.6. The Kier molecular flexibility index (Phi) is 9.98. The Balaban J connectivity index is 1.05. The highest BCUT2D eigenvalue weighted by Crippen LogP contribution is 2.63. The number of anilines is 8. The Bertz CT molecular complexity index is 4320. The maximum atomic E-state index is 5.15. The Morgan fingerprint density at radius 2 is 1.20 bits per heavy atom. The third kappa shape index (κ3) is 6.24. The lowest BCUT2D eigenvalue weighted by Crippen LogP contribution is -2.88. The fourth-order valence-electron chi connectivity index (χ4n) is 16.9. The van der Waals surface area contributed by atoms with Crippen molar-refractivity contribution >= 4 is 103 Å². The summed E-state index contributed by atoms with van der Waals surface area (Å²) in [4.78, 5) is 13.5. The van der Waals surface area contributed by atoms with Crippen LogP contribution in [0.15, 0.2) is 231 Å². The molecule has 0 spiro atoms. The summed E-state index contributed by atoms with van der Waals surface area (Å²) in [5, 5.41) is 5.79. The van der Waals surface area contributed by atoms with Crippen molar-refractivity contribution in [3.63, 3.8) is 0 Å². The van der Waals surface area contributed by atoms with Crippen molar-refractivity contribution in [2.24, 2.45) is 0 Å². The van der Waals surface area contributed by atoms with Crippen molar-refractivity contribution in [2.75, 3.05) is 14.7 Å². The second-order valence-corrected chi connectivity index (χ2v) is 28.3. The first-order valence-corrected chi connectivity index (χ1v) is 31.5. The van der Waals surface area contributed by atoms with Crippen molar-refractivity contribution in [3.05, 3.63) is 258 Å². The first-order valence-electron chi connectivity index (χ1n) is 29.5. The molecular formula is C75H61BN4Si. The van der Waals surface area contributed by atoms with E-state index < -0.39 is 8.07 Å². The van der Waals surface area contributed by atoms with E-state index in [1.54, 1.807) is 0 Å². The van der Waals surface area contributed by atoms with Crippen LogP contribution in [-0.4, -0.2) is 25.3 Å². The van der Waals surface area contributed by atoms with Gasteiger partial charge in [-0.25, -0.2) is 0 Å². The van der Waals surface area contributed by atoms with Gasteiger partial charge in [-0.2, -0.15) is 0 Å². The summed E-state index contributed by atoms with van der Waals surface area (Å²) in [6.45, 7) is 9.65. The van der Waals surface area contributed by atoms with E-state index in [4.69, 9.17) is 4.98 Å². The van der Waals surface area contributed by atoms with E-state index in [-0.39, 0.29) is 23.6 Å². The van der Waals surface area contributed by atoms with Gasteiger partial charge < -0.3 is 14.7 Å². The van der Waals surface area contributed by atoms with E-state index in [1.807, 2.05) is 12.3 Å². The molecule has 10 aromatic rings. The van der Waals surface area contributed by atoms with Gasteiger partial charge in [0.05, 0.1) is 22.6 Å². The largest absolute Gasteiger partial charge is 0.334 e. The van der Waals surface area contributed by atoms with E-state index >= 15 is 0 Å². The van der Waals surface area contributed by atoms with Crippen LogP contribution in [0.1, 0.15) is 79.7 Å². The number of hydrogen-bond donors (Lipinski definition) is 0. The van der Waals surface area contributed by atoms with E-state index in [0.29, 0.717) is 0 Å². The molecule has 6 heteroatoms. The molecule has 3 atom stereocenters. The standard InChI is InChI=1S/C75H61BN4Si/c1-48-32-36-62-58(43-48)56-28-15-14-27-55(56)57-35-39-69-72-73(57)79(62)67-47-52(80-64-38-34-51(50-21-8-5-9-22-50)45-60(64)74(3)40-17-18-41-75(74,80)4)46-66-70(67)76(72)71-65(78(66)63-37-33-49(2)44-59(63)61-29-16-19-42-77-61)30-20-31-68(71)81(69,53-23-10-6-11-24-53)54-25-12-7-13-26-54/h5-16,19-26,28-39,42-47,55H,17-18,27,40-41H2,1-4H3. The van der Waals surface area contributed by atoms with E-state index in [1.165, 1.54) is 134 Å². The fraction of sp³-hybridized carbons (Fsp3) is 0.160. The summed E-state index contributed by atoms with van der Waals surface area (Å²) in [5.41, 5.74) is 26.9. The van der Waals surface area contributed by atoms with Gasteiger partial charge in [0, 0.05) is 62.8 Å². The molecule has 81 heavy (non-hydrogen) atoms. The van der Waals surface area contributed by atoms with Crippen molar-refractivity contribution in [1.29, 1.82) is 0 Å². The number of nitrogens with zero attached hydrogens (tertiary/aromatic N) is 4. The molecule has 0 radical (unpaired) electrons. The Labute approximate surface area is 477 Å². The third-order valence-electron chi connectivity index (χ3n) is 20.5. The van der Waals surface area contributed by atoms with Crippen LogP contribution >= 0.6 is 0 Å². The number of fused-ring (bicyclic) bond motifs is 9. The summed E-state index contributed by atoms with van der Waals surface area (Å²) in [6, 6.07) is 80.4. The average molecular weight is 1060 g/mol. The van der Waals surface area contributed by atoms with Gasteiger partial charge in [0.1, 0.15) is 0 Å². The third-order valence-corrected chi connectivity index (χ3v) is 25.4. The summed E-state index contributed by atoms with van der Waals surface area (Å²) in [6.07, 6.45) is 14.7. The van der Waals surface area contributed by atoms with Gasteiger partial charge in [-0.3, -0.25) is 4.98 Å². The van der Waals surface area contributed by atoms with Crippen LogP contribution in [0.4, 0.5) is 45.5 Å². The van der Waals surface area contributed by atoms with Crippen LogP contribution in [0.25, 0.3) is 28.0 Å². The maximum Gasteiger partial charge on any atom is 0.251 e. The lowest BCUT2D eigenvalue weighted by atomic mass is 9.33. The molecule has 6 heterocycles. The molecule has 9 aromatic carbocycles. The zero-order valence-electron chi connectivity index (χ0n) is 46.4. The maximum absolute atomic E-state index is 5.15. The Morgan fingerprint density at radius 1 is 0.531 bits per heavy atom. The highest BCUT2D eigenvalue weighted by atomic mass is 28.3. The first-order chi connectivity index (χ1) is 39.8. The van der Waals surface area contributed by atoms with Gasteiger partial charge >= 0.3 is 0 Å². The minimum atomic E-state index is -3.12. The zero-order valence-corrected chi connectivity index (χ0v) is 47.4. The summed E-state index contributed by atoms with van der Waals surface area (Å²) >= 11 is 0. The number of allylic oxidation sites excluding steroid dienone is 4. The molecule has 7 aliphatic rings. The Hall–Kier alpha value is -8.71. The fourth-order valence-corrected chi connectivity index (χ4v) is 22.1. The molecule has 0 amide bonds. The van der Waals surface area contributed by atoms with Crippen LogP contribution in [0, 0.1) is 13.8 Å². The van der Waals surface area contributed by atoms with Crippen LogP contribution < -0.4 is 51.8 Å². The second-order valence-electron chi connectivity index (χ2n) is 24.5. The average Bonchev–Trinajstić information content (AvgIpc) is 3.91. The predicted molar refractivity (Wildman–Crippen MR) is 343 cm³/mol. The molecule has 1 fully saturated rings. The summed E-state index contributed by atoms with van der Waals surface area (Å²) < 4.78 is 0. The van der Waals surface area contributed by atoms with Crippen molar-refractivity contribution in [3.8, 4) is 22.4 Å². The van der Waals surface area contributed by atoms with Crippen LogP contribution in [0.5, 0.6) is 0 Å². The van der Waals surface area contributed by atoms with Gasteiger partial charge in [0.15, 0.2) is 8.07 Å². The predicted octanol–water partition coefficient (Wildman–Crippen LogP) is 14.0. The van der Waals surface area contributed by atoms with Gasteiger partial charge in [-0.1, -0.05) is 189 Å². The second kappa shape index (κ2) is 17.2. The summed E-state index contributed by atoms with van der Waals surface area (Å²) in [7, 11) is -3.12. The van der Waals surface area contributed by atoms with E-state index in [2.05, 4.69) is 261 Å². The van der Waals surface area contributed by atoms with Gasteiger partial charge in [-0.05, 0) is 172 Å². The molecule has 5 aliphatic heterocycles. The molecule has 3 unspecified atom stereocenters. The Morgan fingerprint density at radius 3 is 1.94 bits per heavy atom. The molecule has 4 nitrogen and oxygen atoms in total. The molecule has 2 aliphatic carbocycles. The molecule has 17 rings (SSSR count). The number of rotatable bonds is 6. The van der Waals surface area contributed by atoms with Crippen molar-refractivity contribution < 1.29 is 0 Å². The number of hydrogen-bond acceptors (Lipinski definition) is 4. The van der Waals surface area contributed by atoms with E-state index in [0.717, 1.165) is 36.2 Å². The lowest BCUT2D eigenvalue weighted by Gasteiger charge is -2.53. The highest BCUT2D eigenvalue weighted by Gasteiger charge is 2.60. The number of aromatic nitrogens is 1. The van der Waals surface area contributed by atoms with E-state index in [9.17, 15) is 0 Å². The summed E-state index contributed by atoms with van der Waals surface area (Å²) in [5.74, 6) is 0.186. The van der Waals surface area contributed by atoms with Gasteiger partial charge in [0.2, 0.25) is 0 Å². The minimum Gasteiger partial charge on any atom is -0.334 e. The van der Waals surface area contributed by atoms with Gasteiger partial charge in [-0.15, -0.1) is 0 Å². The number of pyridine rings is 1. The smallest absolute Gasteiger partial charge is 0.251 e. The van der Waals surface area contributed by atoms with Crippen LogP contribution in [-0.2, 0) is 5.41 Å². The monoisotopic (exact) mass is 1060 g/mol. The lowest BCUT2D eigenvalue weighted by molar-refractivity contribution is 0.195. The highest BCUT2D eigenvalue weighted by molar-refractivity contribution is 7.27. The molecular weight excluding hydrogens is 996 g/mol. The number of benzene rings is 9. The molecule has 0 saturated heterocycles. The SMILES string of the molecule is Cc1ccc2c(c1)C1=CC=CCC1c1ccc3c4c1N2c1cc(N2c5ccc(-c6ccccc6)cc5C5(C)CCCCC25C)cc2c1B4c1c(cccc1[Si]3(c1ccccc1)c1ccccc1)N2c1ccc(C)cc1-c1ccccn1. The molecule has 0 bridgehead atoms. The first kappa shape index (κ1) is 47.1. The number of aryl methyl sites for hydroxylation is 2. The van der Waals surface area contributed by atoms with Crippen molar-refractivity contribution in [1.82, 2.24) is 4.98 Å². The topological polar surface area (TPSA) is 22.6 Å². The van der Waals surface area contributed by atoms with Crippen LogP contribution in [0.2, 0.25) is 0 Å². The van der Waals surface area contributed by atoms with Crippen molar-refractivity contribution in [2.45, 2.75) is 76.7 Å². The minimum absolute atomic E-state index is 0.0436. The van der Waals surface area contributed by atoms with Crippen LogP contribution in [0.3, 0.4) is 0 Å². The molecule has 0 N–H and O–H groups in total. The zero-order chi connectivity index (χ0) is 53.9. The quantitative estimate of drug-likeness (QED) is 0.155.